The monoisotopic (exact) mass is 502 g/mol. The van der Waals surface area contributed by atoms with Gasteiger partial charge in [0.15, 0.2) is 0 Å². The van der Waals surface area contributed by atoms with Gasteiger partial charge in [0.05, 0.1) is 22.5 Å². The van der Waals surface area contributed by atoms with Crippen LogP contribution in [-0.2, 0) is 21.9 Å². The van der Waals surface area contributed by atoms with Crippen LogP contribution in [0.1, 0.15) is 35.1 Å². The maximum Gasteiger partial charge on any atom is 0.416 e. The Morgan fingerprint density at radius 2 is 1.54 bits per heavy atom. The van der Waals surface area contributed by atoms with Crippen molar-refractivity contribution in [2.24, 2.45) is 11.3 Å². The van der Waals surface area contributed by atoms with E-state index in [1.54, 1.807) is 32.0 Å². The first-order valence-electron chi connectivity index (χ1n) is 10.8. The summed E-state index contributed by atoms with van der Waals surface area (Å²) in [5.74, 6) is -2.58. The lowest BCUT2D eigenvalue weighted by Crippen LogP contribution is -2.41. The summed E-state index contributed by atoms with van der Waals surface area (Å²) in [5.41, 5.74) is -3.54. The number of para-hydroxylation sites is 1. The molecule has 2 aromatic rings. The molecule has 11 heteroatoms. The molecule has 2 aliphatic rings. The van der Waals surface area contributed by atoms with Gasteiger partial charge in [-0.1, -0.05) is 18.2 Å². The molecule has 35 heavy (non-hydrogen) atoms. The van der Waals surface area contributed by atoms with E-state index in [-0.39, 0.29) is 25.5 Å². The van der Waals surface area contributed by atoms with Gasteiger partial charge in [0.25, 0.3) is 0 Å². The number of rotatable bonds is 3. The molecule has 2 fully saturated rings. The van der Waals surface area contributed by atoms with Crippen molar-refractivity contribution in [2.45, 2.75) is 45.2 Å². The van der Waals surface area contributed by atoms with Crippen molar-refractivity contribution in [1.82, 2.24) is 0 Å². The molecule has 1 N–H and O–H groups in total. The highest BCUT2D eigenvalue weighted by Gasteiger charge is 2.62. The van der Waals surface area contributed by atoms with Gasteiger partial charge in [-0.15, -0.1) is 0 Å². The fraction of sp³-hybridized carbons (Fsp3) is 0.417. The fourth-order valence-electron chi connectivity index (χ4n) is 5.19. The van der Waals surface area contributed by atoms with Crippen molar-refractivity contribution in [3.05, 3.63) is 58.7 Å². The third-order valence-corrected chi connectivity index (χ3v) is 6.76. The molecule has 0 aromatic heterocycles. The highest BCUT2D eigenvalue weighted by Crippen LogP contribution is 2.53. The van der Waals surface area contributed by atoms with Gasteiger partial charge in [-0.3, -0.25) is 9.59 Å². The summed E-state index contributed by atoms with van der Waals surface area (Å²) >= 11 is 0. The number of carbonyl (C=O) groups excluding carboxylic acids is 2. The van der Waals surface area contributed by atoms with Crippen LogP contribution in [0.4, 0.5) is 42.1 Å². The van der Waals surface area contributed by atoms with E-state index in [1.807, 2.05) is 0 Å². The summed E-state index contributed by atoms with van der Waals surface area (Å²) in [7, 11) is 0. The molecule has 1 saturated heterocycles. The normalized spacial score (nSPS) is 24.6. The van der Waals surface area contributed by atoms with Gasteiger partial charge < -0.3 is 10.2 Å². The molecule has 2 unspecified atom stereocenters. The van der Waals surface area contributed by atoms with Gasteiger partial charge in [0.2, 0.25) is 11.8 Å². The number of carbonyl (C=O) groups is 2. The molecule has 4 rings (SSSR count). The van der Waals surface area contributed by atoms with Gasteiger partial charge >= 0.3 is 12.4 Å². The van der Waals surface area contributed by atoms with Crippen LogP contribution in [0.15, 0.2) is 36.4 Å². The first-order chi connectivity index (χ1) is 16.1. The van der Waals surface area contributed by atoms with Crippen molar-refractivity contribution in [3.8, 4) is 0 Å². The van der Waals surface area contributed by atoms with Gasteiger partial charge in [0, 0.05) is 17.9 Å². The van der Waals surface area contributed by atoms with Crippen LogP contribution in [0.2, 0.25) is 0 Å². The molecule has 1 heterocycles. The second-order valence-corrected chi connectivity index (χ2v) is 9.16. The van der Waals surface area contributed by atoms with Crippen LogP contribution in [-0.4, -0.2) is 24.5 Å². The summed E-state index contributed by atoms with van der Waals surface area (Å²) in [6, 6.07) is 6.03. The van der Waals surface area contributed by atoms with Crippen LogP contribution in [0, 0.1) is 25.2 Å². The average molecular weight is 502 g/mol. The number of hydrogen-bond acceptors (Lipinski definition) is 2. The Hall–Kier alpha value is -3.11. The van der Waals surface area contributed by atoms with Crippen molar-refractivity contribution in [2.75, 3.05) is 16.8 Å². The summed E-state index contributed by atoms with van der Waals surface area (Å²) in [6.07, 6.45) is -12.3. The number of benzene rings is 2. The minimum atomic E-state index is -5.10. The number of nitrogens with one attached hydrogen (secondary N) is 1. The predicted molar refractivity (Wildman–Crippen MR) is 113 cm³/mol. The zero-order valence-corrected chi connectivity index (χ0v) is 18.6. The van der Waals surface area contributed by atoms with Crippen LogP contribution in [0.5, 0.6) is 0 Å². The molecule has 1 aliphatic heterocycles. The van der Waals surface area contributed by atoms with Crippen LogP contribution in [0.25, 0.3) is 0 Å². The molecule has 1 saturated carbocycles. The lowest BCUT2D eigenvalue weighted by molar-refractivity contribution is -0.143. The van der Waals surface area contributed by atoms with E-state index >= 15 is 0 Å². The zero-order chi connectivity index (χ0) is 25.9. The number of hydrogen-bond donors (Lipinski definition) is 1. The first-order valence-corrected chi connectivity index (χ1v) is 10.8. The third-order valence-electron chi connectivity index (χ3n) is 6.76. The maximum absolute atomic E-state index is 14.4. The Kier molecular flexibility index (Phi) is 5.88. The standard InChI is InChI=1S/C24H21F7N2O2/c1-12-4-3-5-13(2)19(12)33-11-22(10-16(25)9-18(22)20(33)34)21(35)32-17-7-14(23(26,27)28)6-15(8-17)24(29,30)31/h3-8,16,18H,9-11H2,1-2H3,(H,32,35)/t16-,18?,22?/m0/s1. The molecule has 2 aromatic carbocycles. The van der Waals surface area contributed by atoms with Crippen molar-refractivity contribution in [1.29, 1.82) is 0 Å². The Morgan fingerprint density at radius 3 is 2.06 bits per heavy atom. The number of alkyl halides is 7. The molecule has 0 bridgehead atoms. The molecule has 1 aliphatic carbocycles. The van der Waals surface area contributed by atoms with E-state index in [4.69, 9.17) is 0 Å². The van der Waals surface area contributed by atoms with E-state index in [9.17, 15) is 40.3 Å². The van der Waals surface area contributed by atoms with E-state index in [0.29, 0.717) is 17.8 Å². The lowest BCUT2D eigenvalue weighted by Gasteiger charge is -2.28. The highest BCUT2D eigenvalue weighted by atomic mass is 19.4. The molecule has 4 nitrogen and oxygen atoms in total. The predicted octanol–water partition coefficient (Wildman–Crippen LogP) is 6.06. The number of fused-ring (bicyclic) bond motifs is 1. The van der Waals surface area contributed by atoms with Gasteiger partial charge in [-0.25, -0.2) is 4.39 Å². The quantitative estimate of drug-likeness (QED) is 0.519. The molecular weight excluding hydrogens is 481 g/mol. The maximum atomic E-state index is 14.4. The van der Waals surface area contributed by atoms with Crippen LogP contribution < -0.4 is 10.2 Å². The summed E-state index contributed by atoms with van der Waals surface area (Å²) < 4.78 is 93.8. The largest absolute Gasteiger partial charge is 0.416 e. The Bertz CT molecular complexity index is 1140. The summed E-state index contributed by atoms with van der Waals surface area (Å²) in [4.78, 5) is 28.0. The Morgan fingerprint density at radius 1 is 1.00 bits per heavy atom. The van der Waals surface area contributed by atoms with Gasteiger partial charge in [-0.05, 0) is 56.0 Å². The lowest BCUT2D eigenvalue weighted by atomic mass is 9.79. The van der Waals surface area contributed by atoms with Crippen LogP contribution >= 0.6 is 0 Å². The zero-order valence-electron chi connectivity index (χ0n) is 18.6. The molecule has 3 atom stereocenters. The molecular formula is C24H21F7N2O2. The van der Waals surface area contributed by atoms with Crippen LogP contribution in [0.3, 0.4) is 0 Å². The van der Waals surface area contributed by atoms with Crippen molar-refractivity contribution < 1.29 is 40.3 Å². The van der Waals surface area contributed by atoms with E-state index in [0.717, 1.165) is 11.1 Å². The van der Waals surface area contributed by atoms with Crippen molar-refractivity contribution >= 4 is 23.2 Å². The first kappa shape index (κ1) is 25.0. The molecule has 0 radical (unpaired) electrons. The number of nitrogens with zero attached hydrogens (tertiary/aromatic N) is 1. The number of halogens is 7. The second kappa shape index (κ2) is 8.23. The molecule has 2 amide bonds. The highest BCUT2D eigenvalue weighted by molar-refractivity contribution is 6.08. The minimum Gasteiger partial charge on any atom is -0.325 e. The Balaban J connectivity index is 1.72. The SMILES string of the molecule is Cc1cccc(C)c1N1CC2(C(=O)Nc3cc(C(F)(F)F)cc(C(F)(F)F)c3)C[C@@H](F)CC2C1=O. The Labute approximate surface area is 196 Å². The minimum absolute atomic E-state index is 0.0499. The van der Waals surface area contributed by atoms with E-state index < -0.39 is 58.5 Å². The summed E-state index contributed by atoms with van der Waals surface area (Å²) in [6.45, 7) is 3.28. The summed E-state index contributed by atoms with van der Waals surface area (Å²) in [5, 5.41) is 2.13. The fourth-order valence-corrected chi connectivity index (χ4v) is 5.19. The second-order valence-electron chi connectivity index (χ2n) is 9.16. The third kappa shape index (κ3) is 4.36. The number of amides is 2. The molecule has 0 spiro atoms. The molecule has 188 valence electrons. The number of anilines is 2. The van der Waals surface area contributed by atoms with Crippen molar-refractivity contribution in [3.63, 3.8) is 0 Å². The topological polar surface area (TPSA) is 49.4 Å². The van der Waals surface area contributed by atoms with E-state index in [1.165, 1.54) is 4.90 Å². The van der Waals surface area contributed by atoms with E-state index in [2.05, 4.69) is 5.32 Å². The van der Waals surface area contributed by atoms with Gasteiger partial charge in [0.1, 0.15) is 6.17 Å². The number of aryl methyl sites for hydroxylation is 2. The average Bonchev–Trinajstić information content (AvgIpc) is 3.20. The smallest absolute Gasteiger partial charge is 0.325 e. The van der Waals surface area contributed by atoms with Gasteiger partial charge in [-0.2, -0.15) is 26.3 Å².